The largest absolute Gasteiger partial charge is 0.304 e. The molecule has 90 valence electrons. The van der Waals surface area contributed by atoms with Crippen molar-refractivity contribution in [3.63, 3.8) is 0 Å². The Kier molecular flexibility index (Phi) is 2.56. The fraction of sp³-hybridized carbons (Fsp3) is 0.0769. The van der Waals surface area contributed by atoms with Gasteiger partial charge in [0.2, 0.25) is 0 Å². The number of imidazole rings is 1. The summed E-state index contributed by atoms with van der Waals surface area (Å²) in [5.74, 6) is 0. The van der Waals surface area contributed by atoms with Crippen molar-refractivity contribution in [2.45, 2.75) is 6.92 Å². The van der Waals surface area contributed by atoms with Gasteiger partial charge < -0.3 is 4.40 Å². The highest BCUT2D eigenvalue weighted by Crippen LogP contribution is 2.20. The molecule has 0 atom stereocenters. The summed E-state index contributed by atoms with van der Waals surface area (Å²) in [5, 5.41) is 0. The van der Waals surface area contributed by atoms with Crippen molar-refractivity contribution >= 4 is 21.6 Å². The normalized spacial score (nSPS) is 11.0. The fourth-order valence-electron chi connectivity index (χ4n) is 1.97. The number of aromatic nitrogens is 3. The van der Waals surface area contributed by atoms with E-state index in [1.165, 1.54) is 6.07 Å². The average Bonchev–Trinajstić information content (AvgIpc) is 2.69. The number of hydrogen-bond donors (Lipinski definition) is 0. The molecule has 0 bridgehead atoms. The summed E-state index contributed by atoms with van der Waals surface area (Å²) < 4.78 is 4.40. The molecule has 0 aromatic carbocycles. The summed E-state index contributed by atoms with van der Waals surface area (Å²) in [7, 11) is 0. The molecule has 4 nitrogen and oxygen atoms in total. The van der Waals surface area contributed by atoms with Crippen LogP contribution in [0.4, 0.5) is 0 Å². The molecule has 3 rings (SSSR count). The van der Waals surface area contributed by atoms with Crippen LogP contribution in [0.25, 0.3) is 11.3 Å². The number of fused-ring (bicyclic) bond motifs is 1. The zero-order chi connectivity index (χ0) is 12.7. The van der Waals surface area contributed by atoms with Gasteiger partial charge in [-0.2, -0.15) is 0 Å². The lowest BCUT2D eigenvalue weighted by Crippen LogP contribution is -2.16. The summed E-state index contributed by atoms with van der Waals surface area (Å²) >= 11 is 3.45. The number of aryl methyl sites for hydroxylation is 1. The molecule has 0 aliphatic rings. The number of nitrogens with zero attached hydrogens (tertiary/aromatic N) is 3. The van der Waals surface area contributed by atoms with E-state index >= 15 is 0 Å². The van der Waals surface area contributed by atoms with Gasteiger partial charge in [-0.1, -0.05) is 6.07 Å². The molecule has 0 saturated heterocycles. The van der Waals surface area contributed by atoms with Crippen LogP contribution in [0.3, 0.4) is 0 Å². The van der Waals surface area contributed by atoms with Crippen molar-refractivity contribution in [3.05, 3.63) is 63.4 Å². The summed E-state index contributed by atoms with van der Waals surface area (Å²) in [6, 6.07) is 6.98. The van der Waals surface area contributed by atoms with Crippen LogP contribution >= 0.6 is 15.9 Å². The van der Waals surface area contributed by atoms with E-state index in [0.717, 1.165) is 21.5 Å². The van der Waals surface area contributed by atoms with Gasteiger partial charge in [0.15, 0.2) is 5.65 Å². The Hall–Kier alpha value is -1.88. The van der Waals surface area contributed by atoms with Gasteiger partial charge in [0.25, 0.3) is 5.56 Å². The van der Waals surface area contributed by atoms with Crippen LogP contribution in [0, 0.1) is 6.92 Å². The molecule has 0 radical (unpaired) electrons. The van der Waals surface area contributed by atoms with Crippen molar-refractivity contribution in [2.24, 2.45) is 0 Å². The summed E-state index contributed by atoms with van der Waals surface area (Å²) in [6.45, 7) is 1.93. The Balaban J connectivity index is 2.42. The van der Waals surface area contributed by atoms with Crippen LogP contribution in [0.1, 0.15) is 5.69 Å². The third-order valence-corrected chi connectivity index (χ3v) is 3.13. The van der Waals surface area contributed by atoms with Crippen molar-refractivity contribution in [1.29, 1.82) is 0 Å². The van der Waals surface area contributed by atoms with Crippen LogP contribution in [-0.2, 0) is 0 Å². The number of halogens is 1. The number of hydrogen-bond acceptors (Lipinski definition) is 2. The molecule has 18 heavy (non-hydrogen) atoms. The summed E-state index contributed by atoms with van der Waals surface area (Å²) in [5.41, 5.74) is 2.38. The minimum absolute atomic E-state index is 0.0712. The second-order valence-corrected chi connectivity index (χ2v) is 4.98. The van der Waals surface area contributed by atoms with Gasteiger partial charge in [0, 0.05) is 29.1 Å². The predicted molar refractivity (Wildman–Crippen MR) is 73.2 cm³/mol. The topological polar surface area (TPSA) is 39.3 Å². The first-order valence-electron chi connectivity index (χ1n) is 5.48. The lowest BCUT2D eigenvalue weighted by molar-refractivity contribution is 0.976. The van der Waals surface area contributed by atoms with Crippen LogP contribution in [-0.4, -0.2) is 14.0 Å². The Morgan fingerprint density at radius 3 is 2.89 bits per heavy atom. The Labute approximate surface area is 112 Å². The number of rotatable bonds is 1. The second-order valence-electron chi connectivity index (χ2n) is 4.07. The SMILES string of the molecule is Cc1cn2cc(Br)cc(-n3ccccc3=O)c2n1. The van der Waals surface area contributed by atoms with E-state index in [1.807, 2.05) is 35.9 Å². The maximum Gasteiger partial charge on any atom is 0.255 e. The maximum absolute atomic E-state index is 11.9. The molecule has 0 unspecified atom stereocenters. The summed E-state index contributed by atoms with van der Waals surface area (Å²) in [4.78, 5) is 16.3. The zero-order valence-corrected chi connectivity index (χ0v) is 11.3. The molecule has 0 N–H and O–H groups in total. The highest BCUT2D eigenvalue weighted by Gasteiger charge is 2.08. The van der Waals surface area contributed by atoms with Crippen LogP contribution in [0.5, 0.6) is 0 Å². The van der Waals surface area contributed by atoms with Gasteiger partial charge in [0.1, 0.15) is 0 Å². The smallest absolute Gasteiger partial charge is 0.255 e. The Morgan fingerprint density at radius 1 is 1.28 bits per heavy atom. The third-order valence-electron chi connectivity index (χ3n) is 2.70. The third kappa shape index (κ3) is 1.76. The Morgan fingerprint density at radius 2 is 2.11 bits per heavy atom. The van der Waals surface area contributed by atoms with Gasteiger partial charge in [-0.05, 0) is 35.0 Å². The molecule has 3 aromatic heterocycles. The van der Waals surface area contributed by atoms with Gasteiger partial charge in [0.05, 0.1) is 11.4 Å². The van der Waals surface area contributed by atoms with Crippen LogP contribution < -0.4 is 5.56 Å². The lowest BCUT2D eigenvalue weighted by Gasteiger charge is -2.07. The van der Waals surface area contributed by atoms with Crippen molar-refractivity contribution in [1.82, 2.24) is 14.0 Å². The number of pyridine rings is 2. The molecule has 3 aromatic rings. The van der Waals surface area contributed by atoms with E-state index in [2.05, 4.69) is 20.9 Å². The fourth-order valence-corrected chi connectivity index (χ4v) is 2.41. The molecule has 0 aliphatic carbocycles. The minimum Gasteiger partial charge on any atom is -0.304 e. The predicted octanol–water partition coefficient (Wildman–Crippen LogP) is 2.56. The monoisotopic (exact) mass is 303 g/mol. The van der Waals surface area contributed by atoms with Crippen LogP contribution in [0.15, 0.2) is 52.1 Å². The molecule has 0 amide bonds. The van der Waals surface area contributed by atoms with Crippen LogP contribution in [0.2, 0.25) is 0 Å². The zero-order valence-electron chi connectivity index (χ0n) is 9.67. The van der Waals surface area contributed by atoms with Gasteiger partial charge >= 0.3 is 0 Å². The van der Waals surface area contributed by atoms with Gasteiger partial charge in [-0.25, -0.2) is 4.98 Å². The first-order valence-corrected chi connectivity index (χ1v) is 6.27. The van der Waals surface area contributed by atoms with Gasteiger partial charge in [-0.15, -0.1) is 0 Å². The highest BCUT2D eigenvalue weighted by atomic mass is 79.9. The molecule has 0 saturated carbocycles. The first-order chi connectivity index (χ1) is 8.65. The van der Waals surface area contributed by atoms with E-state index in [-0.39, 0.29) is 5.56 Å². The molecular weight excluding hydrogens is 294 g/mol. The molecule has 0 fully saturated rings. The lowest BCUT2D eigenvalue weighted by atomic mass is 10.3. The van der Waals surface area contributed by atoms with Crippen molar-refractivity contribution < 1.29 is 0 Å². The highest BCUT2D eigenvalue weighted by molar-refractivity contribution is 9.10. The second kappa shape index (κ2) is 4.10. The average molecular weight is 304 g/mol. The molecule has 0 spiro atoms. The van der Waals surface area contributed by atoms with Crippen molar-refractivity contribution in [2.75, 3.05) is 0 Å². The van der Waals surface area contributed by atoms with E-state index in [4.69, 9.17) is 0 Å². The minimum atomic E-state index is -0.0712. The van der Waals surface area contributed by atoms with Gasteiger partial charge in [-0.3, -0.25) is 9.36 Å². The Bertz CT molecular complexity index is 788. The molecule has 3 heterocycles. The first kappa shape index (κ1) is 11.2. The van der Waals surface area contributed by atoms with E-state index in [9.17, 15) is 4.79 Å². The quantitative estimate of drug-likeness (QED) is 0.693. The van der Waals surface area contributed by atoms with Crippen molar-refractivity contribution in [3.8, 4) is 5.69 Å². The standard InChI is InChI=1S/C13H10BrN3O/c1-9-7-16-8-10(14)6-11(13(16)15-9)17-5-3-2-4-12(17)18/h2-8H,1H3. The summed E-state index contributed by atoms with van der Waals surface area (Å²) in [6.07, 6.45) is 5.60. The molecule has 5 heteroatoms. The van der Waals surface area contributed by atoms with E-state index in [1.54, 1.807) is 16.8 Å². The maximum atomic E-state index is 11.9. The molecule has 0 aliphatic heterocycles. The van der Waals surface area contributed by atoms with E-state index in [0.29, 0.717) is 0 Å². The molecular formula is C13H10BrN3O. The van der Waals surface area contributed by atoms with E-state index < -0.39 is 0 Å².